The summed E-state index contributed by atoms with van der Waals surface area (Å²) in [6.07, 6.45) is 1.78. The Morgan fingerprint density at radius 1 is 1.17 bits per heavy atom. The predicted molar refractivity (Wildman–Crippen MR) is 108 cm³/mol. The third-order valence-corrected chi connectivity index (χ3v) is 5.60. The Balaban J connectivity index is 1.71. The van der Waals surface area contributed by atoms with Crippen molar-refractivity contribution in [2.75, 3.05) is 26.8 Å². The van der Waals surface area contributed by atoms with Crippen LogP contribution in [0.5, 0.6) is 11.5 Å². The fourth-order valence-corrected chi connectivity index (χ4v) is 3.99. The van der Waals surface area contributed by atoms with Gasteiger partial charge in [-0.3, -0.25) is 9.69 Å². The molecule has 0 saturated carbocycles. The van der Waals surface area contributed by atoms with Crippen molar-refractivity contribution in [3.8, 4) is 11.5 Å². The molecule has 1 saturated heterocycles. The number of halogens is 1. The number of aromatic hydroxyl groups is 1. The van der Waals surface area contributed by atoms with Crippen LogP contribution in [0.15, 0.2) is 42.5 Å². The van der Waals surface area contributed by atoms with E-state index in [1.54, 1.807) is 19.1 Å². The number of phenols is 1. The van der Waals surface area contributed by atoms with Crippen LogP contribution in [0, 0.1) is 11.2 Å². The molecule has 0 radical (unpaired) electrons. The van der Waals surface area contributed by atoms with Gasteiger partial charge in [-0.1, -0.05) is 18.2 Å². The molecule has 0 atom stereocenters. The molecule has 1 aliphatic heterocycles. The summed E-state index contributed by atoms with van der Waals surface area (Å²) in [6, 6.07) is 11.8. The van der Waals surface area contributed by atoms with Gasteiger partial charge in [0.25, 0.3) is 0 Å². The van der Waals surface area contributed by atoms with E-state index >= 15 is 0 Å². The van der Waals surface area contributed by atoms with E-state index in [1.165, 1.54) is 19.2 Å². The summed E-state index contributed by atoms with van der Waals surface area (Å²) < 4.78 is 24.2. The van der Waals surface area contributed by atoms with Crippen molar-refractivity contribution in [2.45, 2.75) is 32.7 Å². The van der Waals surface area contributed by atoms with Crippen LogP contribution < -0.4 is 4.74 Å². The van der Waals surface area contributed by atoms with Crippen LogP contribution in [-0.4, -0.2) is 42.8 Å². The van der Waals surface area contributed by atoms with E-state index in [0.29, 0.717) is 38.2 Å². The van der Waals surface area contributed by atoms with Gasteiger partial charge in [0.05, 0.1) is 19.1 Å². The first kappa shape index (κ1) is 21.1. The number of methoxy groups -OCH3 is 1. The predicted octanol–water partition coefficient (Wildman–Crippen LogP) is 3.93. The van der Waals surface area contributed by atoms with Crippen molar-refractivity contribution < 1.29 is 23.8 Å². The molecule has 1 fully saturated rings. The SMILES string of the molecule is CCOC(=O)C1(Cc2cccc(F)c2)CCN(Cc2ccc(O)c(OC)c2)CC1. The lowest BCUT2D eigenvalue weighted by Crippen LogP contribution is -2.46. The maximum absolute atomic E-state index is 13.6. The van der Waals surface area contributed by atoms with Crippen molar-refractivity contribution in [3.63, 3.8) is 0 Å². The smallest absolute Gasteiger partial charge is 0.312 e. The lowest BCUT2D eigenvalue weighted by molar-refractivity contribution is -0.158. The number of benzene rings is 2. The normalized spacial score (nSPS) is 16.4. The second-order valence-corrected chi connectivity index (χ2v) is 7.59. The van der Waals surface area contributed by atoms with Crippen LogP contribution in [0.3, 0.4) is 0 Å². The first-order valence-electron chi connectivity index (χ1n) is 9.95. The summed E-state index contributed by atoms with van der Waals surface area (Å²) in [5, 5.41) is 9.76. The fourth-order valence-electron chi connectivity index (χ4n) is 3.99. The van der Waals surface area contributed by atoms with E-state index in [1.807, 2.05) is 18.2 Å². The number of hydrogen-bond acceptors (Lipinski definition) is 5. The van der Waals surface area contributed by atoms with Gasteiger partial charge in [0.2, 0.25) is 0 Å². The highest BCUT2D eigenvalue weighted by molar-refractivity contribution is 5.77. The molecule has 0 amide bonds. The van der Waals surface area contributed by atoms with Gasteiger partial charge < -0.3 is 14.6 Å². The summed E-state index contributed by atoms with van der Waals surface area (Å²) in [5.41, 5.74) is 1.22. The standard InChI is InChI=1S/C23H28FNO4/c1-3-29-22(27)23(15-17-5-4-6-19(24)13-17)9-11-25(12-10-23)16-18-7-8-20(26)21(14-18)28-2/h4-8,13-14,26H,3,9-12,15-16H2,1-2H3. The Kier molecular flexibility index (Phi) is 6.75. The van der Waals surface area contributed by atoms with E-state index in [2.05, 4.69) is 4.90 Å². The molecule has 2 aromatic rings. The van der Waals surface area contributed by atoms with Crippen molar-refractivity contribution in [1.82, 2.24) is 4.90 Å². The van der Waals surface area contributed by atoms with Gasteiger partial charge >= 0.3 is 5.97 Å². The molecule has 0 aliphatic carbocycles. The van der Waals surface area contributed by atoms with Crippen LogP contribution in [0.4, 0.5) is 4.39 Å². The maximum atomic E-state index is 13.6. The van der Waals surface area contributed by atoms with E-state index in [4.69, 9.17) is 9.47 Å². The molecular formula is C23H28FNO4. The minimum absolute atomic E-state index is 0.117. The highest BCUT2D eigenvalue weighted by atomic mass is 19.1. The number of carbonyl (C=O) groups is 1. The lowest BCUT2D eigenvalue weighted by Gasteiger charge is -2.40. The number of ether oxygens (including phenoxy) is 2. The molecule has 0 aromatic heterocycles. The number of carbonyl (C=O) groups excluding carboxylic acids is 1. The minimum atomic E-state index is -0.632. The van der Waals surface area contributed by atoms with Gasteiger partial charge in [-0.2, -0.15) is 0 Å². The molecular weight excluding hydrogens is 373 g/mol. The molecule has 29 heavy (non-hydrogen) atoms. The monoisotopic (exact) mass is 401 g/mol. The second kappa shape index (κ2) is 9.27. The van der Waals surface area contributed by atoms with Gasteiger partial charge in [-0.05, 0) is 74.7 Å². The summed E-state index contributed by atoms with van der Waals surface area (Å²) in [4.78, 5) is 15.1. The Bertz CT molecular complexity index is 847. The van der Waals surface area contributed by atoms with Crippen LogP contribution in [0.1, 0.15) is 30.9 Å². The molecule has 0 bridgehead atoms. The topological polar surface area (TPSA) is 59.0 Å². The van der Waals surface area contributed by atoms with E-state index < -0.39 is 5.41 Å². The third kappa shape index (κ3) is 5.07. The van der Waals surface area contributed by atoms with Crippen LogP contribution >= 0.6 is 0 Å². The summed E-state index contributed by atoms with van der Waals surface area (Å²) in [7, 11) is 1.53. The average molecular weight is 401 g/mol. The van der Waals surface area contributed by atoms with E-state index in [9.17, 15) is 14.3 Å². The van der Waals surface area contributed by atoms with Crippen LogP contribution in [-0.2, 0) is 22.5 Å². The molecule has 2 aromatic carbocycles. The quantitative estimate of drug-likeness (QED) is 0.713. The number of piperidine rings is 1. The molecule has 5 nitrogen and oxygen atoms in total. The third-order valence-electron chi connectivity index (χ3n) is 5.60. The van der Waals surface area contributed by atoms with Crippen molar-refractivity contribution in [2.24, 2.45) is 5.41 Å². The fraction of sp³-hybridized carbons (Fsp3) is 0.435. The summed E-state index contributed by atoms with van der Waals surface area (Å²) in [5.74, 6) is 0.0771. The zero-order chi connectivity index (χ0) is 20.9. The summed E-state index contributed by atoms with van der Waals surface area (Å²) in [6.45, 7) is 4.31. The minimum Gasteiger partial charge on any atom is -0.504 e. The summed E-state index contributed by atoms with van der Waals surface area (Å²) >= 11 is 0. The second-order valence-electron chi connectivity index (χ2n) is 7.59. The van der Waals surface area contributed by atoms with Gasteiger partial charge in [0, 0.05) is 6.54 Å². The Morgan fingerprint density at radius 3 is 2.59 bits per heavy atom. The number of esters is 1. The van der Waals surface area contributed by atoms with Crippen molar-refractivity contribution in [1.29, 1.82) is 0 Å². The molecule has 3 rings (SSSR count). The zero-order valence-corrected chi connectivity index (χ0v) is 17.0. The number of hydrogen-bond donors (Lipinski definition) is 1. The first-order valence-corrected chi connectivity index (χ1v) is 9.95. The van der Waals surface area contributed by atoms with Crippen molar-refractivity contribution in [3.05, 3.63) is 59.4 Å². The Hall–Kier alpha value is -2.60. The zero-order valence-electron chi connectivity index (χ0n) is 17.0. The largest absolute Gasteiger partial charge is 0.504 e. The number of nitrogens with zero attached hydrogens (tertiary/aromatic N) is 1. The molecule has 1 N–H and O–H groups in total. The first-order chi connectivity index (χ1) is 14.0. The van der Waals surface area contributed by atoms with Crippen LogP contribution in [0.25, 0.3) is 0 Å². The molecule has 0 unspecified atom stereocenters. The number of likely N-dealkylation sites (tertiary alicyclic amines) is 1. The lowest BCUT2D eigenvalue weighted by atomic mass is 9.73. The molecule has 6 heteroatoms. The van der Waals surface area contributed by atoms with Gasteiger partial charge in [0.15, 0.2) is 11.5 Å². The molecule has 156 valence electrons. The number of phenolic OH excluding ortho intramolecular Hbond substituents is 1. The molecule has 1 heterocycles. The van der Waals surface area contributed by atoms with Gasteiger partial charge in [-0.15, -0.1) is 0 Å². The highest BCUT2D eigenvalue weighted by Gasteiger charge is 2.42. The van der Waals surface area contributed by atoms with Gasteiger partial charge in [-0.25, -0.2) is 4.39 Å². The number of rotatable bonds is 7. The van der Waals surface area contributed by atoms with Gasteiger partial charge in [0.1, 0.15) is 5.82 Å². The Labute approximate surface area is 171 Å². The molecule has 0 spiro atoms. The molecule has 1 aliphatic rings. The maximum Gasteiger partial charge on any atom is 0.312 e. The highest BCUT2D eigenvalue weighted by Crippen LogP contribution is 2.37. The van der Waals surface area contributed by atoms with Crippen molar-refractivity contribution >= 4 is 5.97 Å². The Morgan fingerprint density at radius 2 is 1.93 bits per heavy atom. The average Bonchev–Trinajstić information content (AvgIpc) is 2.71. The van der Waals surface area contributed by atoms with Crippen LogP contribution in [0.2, 0.25) is 0 Å². The van der Waals surface area contributed by atoms with E-state index in [-0.39, 0.29) is 17.5 Å². The van der Waals surface area contributed by atoms with E-state index in [0.717, 1.165) is 24.2 Å².